The lowest BCUT2D eigenvalue weighted by Crippen LogP contribution is -2.30. The predicted molar refractivity (Wildman–Crippen MR) is 311 cm³/mol. The third kappa shape index (κ3) is 57.5. The van der Waals surface area contributed by atoms with Crippen molar-refractivity contribution in [2.24, 2.45) is 0 Å². The van der Waals surface area contributed by atoms with E-state index in [4.69, 9.17) is 14.2 Å². The zero-order valence-corrected chi connectivity index (χ0v) is 47.4. The average molecular weight is 1000 g/mol. The van der Waals surface area contributed by atoms with Crippen LogP contribution in [0.2, 0.25) is 0 Å². The standard InChI is InChI=1S/C66H114O6/c1-4-7-10-13-16-19-22-25-28-30-31-32-33-34-35-37-38-41-44-47-50-53-56-59-65(68)71-62-63(61-70-64(67)58-55-52-49-46-43-40-27-24-21-18-15-12-9-6-3)72-66(69)60-57-54-51-48-45-42-39-36-29-26-23-20-17-14-11-8-5-2/h7,10,16,19,25-26,28-29,31-32,34-35,38,41,63H,4-6,8-9,11-15,17-18,20-24,27,30,33,36-37,39-40,42-62H2,1-3H3/b10-7-,19-16-,28-25-,29-26-,32-31-,35-34-,41-38-. The predicted octanol–water partition coefficient (Wildman–Crippen LogP) is 20.7. The Balaban J connectivity index is 4.41. The smallest absolute Gasteiger partial charge is 0.306 e. The lowest BCUT2D eigenvalue weighted by Gasteiger charge is -2.18. The van der Waals surface area contributed by atoms with Crippen LogP contribution < -0.4 is 0 Å². The van der Waals surface area contributed by atoms with Crippen LogP contribution in [0.5, 0.6) is 0 Å². The van der Waals surface area contributed by atoms with E-state index < -0.39 is 6.10 Å². The van der Waals surface area contributed by atoms with Crippen molar-refractivity contribution in [3.8, 4) is 0 Å². The summed E-state index contributed by atoms with van der Waals surface area (Å²) in [5.41, 5.74) is 0. The molecule has 0 N–H and O–H groups in total. The van der Waals surface area contributed by atoms with Gasteiger partial charge in [-0.2, -0.15) is 0 Å². The molecule has 0 radical (unpaired) electrons. The van der Waals surface area contributed by atoms with Crippen molar-refractivity contribution < 1.29 is 28.6 Å². The molecule has 0 aliphatic rings. The number of rotatable bonds is 55. The molecule has 0 amide bonds. The van der Waals surface area contributed by atoms with Gasteiger partial charge in [0.2, 0.25) is 0 Å². The fourth-order valence-electron chi connectivity index (χ4n) is 8.56. The Morgan fingerprint density at radius 3 is 0.861 bits per heavy atom. The largest absolute Gasteiger partial charge is 0.462 e. The van der Waals surface area contributed by atoms with Gasteiger partial charge in [0.05, 0.1) is 0 Å². The molecular weight excluding hydrogens is 889 g/mol. The van der Waals surface area contributed by atoms with Crippen molar-refractivity contribution in [1.82, 2.24) is 0 Å². The van der Waals surface area contributed by atoms with Crippen LogP contribution in [0.3, 0.4) is 0 Å². The van der Waals surface area contributed by atoms with Gasteiger partial charge in [-0.05, 0) is 96.3 Å². The number of unbranched alkanes of at least 4 members (excludes halogenated alkanes) is 30. The highest BCUT2D eigenvalue weighted by Crippen LogP contribution is 2.16. The van der Waals surface area contributed by atoms with Crippen LogP contribution in [0.4, 0.5) is 0 Å². The lowest BCUT2D eigenvalue weighted by atomic mass is 10.0. The summed E-state index contributed by atoms with van der Waals surface area (Å²) < 4.78 is 16.9. The molecule has 0 aliphatic heterocycles. The van der Waals surface area contributed by atoms with Crippen molar-refractivity contribution in [3.63, 3.8) is 0 Å². The zero-order chi connectivity index (χ0) is 52.2. The topological polar surface area (TPSA) is 78.9 Å². The van der Waals surface area contributed by atoms with Crippen LogP contribution in [-0.2, 0) is 28.6 Å². The average Bonchev–Trinajstić information content (AvgIpc) is 3.38. The number of carbonyl (C=O) groups excluding carboxylic acids is 3. The summed E-state index contributed by atoms with van der Waals surface area (Å²) >= 11 is 0. The molecule has 0 fully saturated rings. The Labute approximate surface area is 445 Å². The van der Waals surface area contributed by atoms with Crippen molar-refractivity contribution >= 4 is 17.9 Å². The number of carbonyl (C=O) groups is 3. The van der Waals surface area contributed by atoms with Gasteiger partial charge < -0.3 is 14.2 Å². The molecule has 0 heterocycles. The summed E-state index contributed by atoms with van der Waals surface area (Å²) in [4.78, 5) is 38.2. The molecular formula is C66H114O6. The number of esters is 3. The van der Waals surface area contributed by atoms with Gasteiger partial charge in [0.25, 0.3) is 0 Å². The van der Waals surface area contributed by atoms with Crippen molar-refractivity contribution in [2.45, 2.75) is 303 Å². The van der Waals surface area contributed by atoms with Crippen molar-refractivity contribution in [2.75, 3.05) is 13.2 Å². The maximum Gasteiger partial charge on any atom is 0.306 e. The molecule has 0 aromatic heterocycles. The van der Waals surface area contributed by atoms with Gasteiger partial charge in [-0.3, -0.25) is 14.4 Å². The Morgan fingerprint density at radius 1 is 0.292 bits per heavy atom. The highest BCUT2D eigenvalue weighted by Gasteiger charge is 2.19. The first-order chi connectivity index (χ1) is 35.5. The molecule has 1 atom stereocenters. The van der Waals surface area contributed by atoms with Gasteiger partial charge in [-0.1, -0.05) is 266 Å². The summed E-state index contributed by atoms with van der Waals surface area (Å²) in [5.74, 6) is -0.904. The number of ether oxygens (including phenoxy) is 3. The molecule has 6 heteroatoms. The highest BCUT2D eigenvalue weighted by atomic mass is 16.6. The SMILES string of the molecule is CC/C=C\C/C=C\C/C=C\C/C=C\C/C=C\C/C=C\CCCCCCC(=O)OCC(COC(=O)CCCCCCCCCCCCCCCC)OC(=O)CCCCCCCCC/C=C\CCCCCCCC. The lowest BCUT2D eigenvalue weighted by molar-refractivity contribution is -0.167. The molecule has 6 nitrogen and oxygen atoms in total. The van der Waals surface area contributed by atoms with E-state index in [0.717, 1.165) is 109 Å². The molecule has 1 unspecified atom stereocenters. The number of allylic oxidation sites excluding steroid dienone is 14. The van der Waals surface area contributed by atoms with Gasteiger partial charge in [0, 0.05) is 19.3 Å². The molecule has 414 valence electrons. The first-order valence-corrected chi connectivity index (χ1v) is 30.6. The monoisotopic (exact) mass is 1000 g/mol. The van der Waals surface area contributed by atoms with Gasteiger partial charge >= 0.3 is 17.9 Å². The van der Waals surface area contributed by atoms with Gasteiger partial charge in [-0.25, -0.2) is 0 Å². The molecule has 72 heavy (non-hydrogen) atoms. The van der Waals surface area contributed by atoms with E-state index in [2.05, 4.69) is 106 Å². The second-order valence-corrected chi connectivity index (χ2v) is 20.2. The first-order valence-electron chi connectivity index (χ1n) is 30.6. The van der Waals surface area contributed by atoms with Crippen LogP contribution in [0, 0.1) is 0 Å². The van der Waals surface area contributed by atoms with Crippen molar-refractivity contribution in [1.29, 1.82) is 0 Å². The fourth-order valence-corrected chi connectivity index (χ4v) is 8.56. The summed E-state index contributed by atoms with van der Waals surface area (Å²) in [5, 5.41) is 0. The van der Waals surface area contributed by atoms with Crippen LogP contribution in [0.25, 0.3) is 0 Å². The molecule has 0 saturated heterocycles. The molecule has 0 rings (SSSR count). The van der Waals surface area contributed by atoms with E-state index in [1.807, 2.05) is 0 Å². The van der Waals surface area contributed by atoms with E-state index in [0.29, 0.717) is 19.3 Å². The van der Waals surface area contributed by atoms with E-state index in [1.165, 1.54) is 148 Å². The Morgan fingerprint density at radius 2 is 0.542 bits per heavy atom. The molecule has 0 bridgehead atoms. The summed E-state index contributed by atoms with van der Waals surface area (Å²) in [6.45, 7) is 6.52. The number of hydrogen-bond donors (Lipinski definition) is 0. The Bertz CT molecular complexity index is 1380. The summed E-state index contributed by atoms with van der Waals surface area (Å²) in [6, 6.07) is 0. The maximum absolute atomic E-state index is 12.9. The second-order valence-electron chi connectivity index (χ2n) is 20.2. The molecule has 0 spiro atoms. The fraction of sp³-hybridized carbons (Fsp3) is 0.742. The van der Waals surface area contributed by atoms with Crippen LogP contribution in [0.15, 0.2) is 85.1 Å². The molecule has 0 aliphatic carbocycles. The van der Waals surface area contributed by atoms with E-state index in [9.17, 15) is 14.4 Å². The third-order valence-electron chi connectivity index (χ3n) is 13.1. The minimum absolute atomic E-state index is 0.0840. The number of hydrogen-bond acceptors (Lipinski definition) is 6. The molecule has 0 saturated carbocycles. The summed E-state index contributed by atoms with van der Waals surface area (Å²) in [7, 11) is 0. The van der Waals surface area contributed by atoms with Crippen LogP contribution in [0.1, 0.15) is 297 Å². The van der Waals surface area contributed by atoms with Gasteiger partial charge in [-0.15, -0.1) is 0 Å². The van der Waals surface area contributed by atoms with Gasteiger partial charge in [0.15, 0.2) is 6.10 Å². The van der Waals surface area contributed by atoms with Crippen molar-refractivity contribution in [3.05, 3.63) is 85.1 Å². The quantitative estimate of drug-likeness (QED) is 0.0261. The van der Waals surface area contributed by atoms with E-state index >= 15 is 0 Å². The van der Waals surface area contributed by atoms with Gasteiger partial charge in [0.1, 0.15) is 13.2 Å². The highest BCUT2D eigenvalue weighted by molar-refractivity contribution is 5.71. The second kappa shape index (κ2) is 60.1. The molecule has 0 aromatic rings. The normalized spacial score (nSPS) is 12.7. The van der Waals surface area contributed by atoms with Crippen LogP contribution in [-0.4, -0.2) is 37.2 Å². The van der Waals surface area contributed by atoms with E-state index in [-0.39, 0.29) is 31.1 Å². The minimum Gasteiger partial charge on any atom is -0.462 e. The van der Waals surface area contributed by atoms with E-state index in [1.54, 1.807) is 0 Å². The van der Waals surface area contributed by atoms with Crippen LogP contribution >= 0.6 is 0 Å². The Hall–Kier alpha value is -3.41. The maximum atomic E-state index is 12.9. The minimum atomic E-state index is -0.789. The summed E-state index contributed by atoms with van der Waals surface area (Å²) in [6.07, 6.45) is 78.6. The third-order valence-corrected chi connectivity index (χ3v) is 13.1. The Kier molecular flexibility index (Phi) is 57.3. The molecule has 0 aromatic carbocycles. The zero-order valence-electron chi connectivity index (χ0n) is 47.4. The first kappa shape index (κ1) is 68.6.